The Morgan fingerprint density at radius 2 is 1.91 bits per heavy atom. The van der Waals surface area contributed by atoms with Crippen molar-refractivity contribution in [3.63, 3.8) is 0 Å². The summed E-state index contributed by atoms with van der Waals surface area (Å²) in [7, 11) is -2.36. The van der Waals surface area contributed by atoms with Crippen molar-refractivity contribution in [2.45, 2.75) is 68.1 Å². The van der Waals surface area contributed by atoms with Crippen molar-refractivity contribution in [2.24, 2.45) is 0 Å². The summed E-state index contributed by atoms with van der Waals surface area (Å²) in [6.07, 6.45) is 1.96. The molecule has 3 fully saturated rings. The van der Waals surface area contributed by atoms with E-state index in [-0.39, 0.29) is 11.8 Å². The number of carboxylic acid groups (broad SMARTS) is 1. The zero-order valence-corrected chi connectivity index (χ0v) is 25.4. The molecule has 234 valence electrons. The van der Waals surface area contributed by atoms with Crippen molar-refractivity contribution in [1.82, 2.24) is 15.5 Å². The molecule has 0 bridgehead atoms. The number of ether oxygens (including phenoxy) is 1. The van der Waals surface area contributed by atoms with E-state index in [4.69, 9.17) is 16.3 Å². The SMILES string of the molecule is O=C(O)N[C@H](C(=O)Nc1cccc(F)c1CC[C@@H]1NCC(CCC[SH](=O)=O)N2CC12)C1(c2ccc(Cl)cc2)CCOCC1. The highest BCUT2D eigenvalue weighted by Crippen LogP contribution is 2.40. The summed E-state index contributed by atoms with van der Waals surface area (Å²) in [6, 6.07) is 11.2. The van der Waals surface area contributed by atoms with Crippen molar-refractivity contribution in [1.29, 1.82) is 0 Å². The van der Waals surface area contributed by atoms with Crippen LogP contribution in [0, 0.1) is 5.82 Å². The molecule has 2 aromatic carbocycles. The maximum atomic E-state index is 15.2. The van der Waals surface area contributed by atoms with Crippen molar-refractivity contribution in [3.05, 3.63) is 64.4 Å². The monoisotopic (exact) mass is 636 g/mol. The van der Waals surface area contributed by atoms with Crippen LogP contribution < -0.4 is 16.0 Å². The second-order valence-corrected chi connectivity index (χ2v) is 13.1. The number of thiol groups is 1. The summed E-state index contributed by atoms with van der Waals surface area (Å²) in [5, 5.41) is 19.1. The van der Waals surface area contributed by atoms with Crippen LogP contribution in [0.2, 0.25) is 5.02 Å². The van der Waals surface area contributed by atoms with Crippen molar-refractivity contribution < 1.29 is 32.2 Å². The Balaban J connectivity index is 1.30. The fourth-order valence-corrected chi connectivity index (χ4v) is 7.35. The number of nitrogens with zero attached hydrogens (tertiary/aromatic N) is 1. The Kier molecular flexibility index (Phi) is 10.2. The first-order valence-electron chi connectivity index (χ1n) is 14.7. The van der Waals surface area contributed by atoms with E-state index in [1.54, 1.807) is 30.3 Å². The summed E-state index contributed by atoms with van der Waals surface area (Å²) < 4.78 is 42.6. The molecule has 10 nitrogen and oxygen atoms in total. The molecular formula is C30H38ClFN4O6S. The predicted octanol–water partition coefficient (Wildman–Crippen LogP) is 3.15. The minimum atomic E-state index is -2.36. The number of piperazine rings is 1. The van der Waals surface area contributed by atoms with E-state index < -0.39 is 40.0 Å². The molecule has 43 heavy (non-hydrogen) atoms. The molecule has 2 aromatic rings. The third-order valence-corrected chi connectivity index (χ3v) is 10.0. The van der Waals surface area contributed by atoms with Crippen LogP contribution in [0.15, 0.2) is 42.5 Å². The van der Waals surface area contributed by atoms with E-state index in [2.05, 4.69) is 20.9 Å². The molecule has 3 aliphatic rings. The largest absolute Gasteiger partial charge is 0.465 e. The maximum absolute atomic E-state index is 15.2. The van der Waals surface area contributed by atoms with E-state index >= 15 is 4.39 Å². The fourth-order valence-electron chi connectivity index (χ4n) is 6.78. The number of halogens is 2. The van der Waals surface area contributed by atoms with Crippen molar-refractivity contribution >= 4 is 40.0 Å². The second-order valence-electron chi connectivity index (χ2n) is 11.6. The number of hydrogen-bond acceptors (Lipinski definition) is 7. The molecular weight excluding hydrogens is 599 g/mol. The molecule has 5 atom stereocenters. The Labute approximate surface area is 257 Å². The van der Waals surface area contributed by atoms with Crippen LogP contribution in [0.25, 0.3) is 0 Å². The second kappa shape index (κ2) is 13.9. The molecule has 5 rings (SSSR count). The van der Waals surface area contributed by atoms with E-state index in [1.165, 1.54) is 12.1 Å². The first-order chi connectivity index (χ1) is 20.7. The van der Waals surface area contributed by atoms with Gasteiger partial charge in [0.25, 0.3) is 0 Å². The van der Waals surface area contributed by atoms with Crippen LogP contribution >= 0.6 is 11.6 Å². The van der Waals surface area contributed by atoms with Gasteiger partial charge < -0.3 is 25.8 Å². The molecule has 2 amide bonds. The highest BCUT2D eigenvalue weighted by molar-refractivity contribution is 7.72. The summed E-state index contributed by atoms with van der Waals surface area (Å²) in [5.74, 6) is -0.808. The average molecular weight is 637 g/mol. The molecule has 0 radical (unpaired) electrons. The molecule has 0 aliphatic carbocycles. The molecule has 0 saturated carbocycles. The summed E-state index contributed by atoms with van der Waals surface area (Å²) >= 11 is 6.12. The topological polar surface area (TPSA) is 137 Å². The van der Waals surface area contributed by atoms with Crippen LogP contribution in [0.3, 0.4) is 0 Å². The first kappa shape index (κ1) is 31.6. The molecule has 4 N–H and O–H groups in total. The number of nitrogens with one attached hydrogen (secondary N) is 3. The Morgan fingerprint density at radius 1 is 1.16 bits per heavy atom. The molecule has 3 saturated heterocycles. The number of rotatable bonds is 12. The van der Waals surface area contributed by atoms with Gasteiger partial charge in [0, 0.05) is 71.9 Å². The molecule has 13 heteroatoms. The van der Waals surface area contributed by atoms with Gasteiger partial charge in [-0.25, -0.2) is 17.6 Å². The van der Waals surface area contributed by atoms with Gasteiger partial charge in [0.05, 0.1) is 0 Å². The number of carbonyl (C=O) groups is 2. The third kappa shape index (κ3) is 7.49. The summed E-state index contributed by atoms with van der Waals surface area (Å²) in [4.78, 5) is 28.2. The smallest absolute Gasteiger partial charge is 0.405 e. The minimum Gasteiger partial charge on any atom is -0.465 e. The predicted molar refractivity (Wildman–Crippen MR) is 162 cm³/mol. The maximum Gasteiger partial charge on any atom is 0.405 e. The lowest BCUT2D eigenvalue weighted by molar-refractivity contribution is -0.121. The van der Waals surface area contributed by atoms with Crippen LogP contribution in [0.5, 0.6) is 0 Å². The highest BCUT2D eigenvalue weighted by atomic mass is 35.5. The number of anilines is 1. The minimum absolute atomic E-state index is 0.146. The number of benzene rings is 2. The molecule has 3 aliphatic heterocycles. The number of carbonyl (C=O) groups excluding carboxylic acids is 1. The van der Waals surface area contributed by atoms with Gasteiger partial charge in [-0.1, -0.05) is 29.8 Å². The summed E-state index contributed by atoms with van der Waals surface area (Å²) in [6.45, 7) is 2.37. The molecule has 3 unspecified atom stereocenters. The number of amides is 2. The quantitative estimate of drug-likeness (QED) is 0.177. The normalized spacial score (nSPS) is 25.0. The zero-order valence-electron chi connectivity index (χ0n) is 23.8. The highest BCUT2D eigenvalue weighted by Gasteiger charge is 2.48. The van der Waals surface area contributed by atoms with Crippen LogP contribution in [0.1, 0.15) is 43.2 Å². The fraction of sp³-hybridized carbons (Fsp3) is 0.533. The molecule has 0 spiro atoms. The zero-order chi connectivity index (χ0) is 30.6. The van der Waals surface area contributed by atoms with E-state index in [0.717, 1.165) is 25.1 Å². The lowest BCUT2D eigenvalue weighted by Crippen LogP contribution is -2.58. The van der Waals surface area contributed by atoms with Crippen LogP contribution in [-0.2, 0) is 32.1 Å². The van der Waals surface area contributed by atoms with Gasteiger partial charge in [0.1, 0.15) is 22.6 Å². The van der Waals surface area contributed by atoms with Gasteiger partial charge in [-0.3, -0.25) is 9.69 Å². The summed E-state index contributed by atoms with van der Waals surface area (Å²) in [5.41, 5.74) is 0.563. The first-order valence-corrected chi connectivity index (χ1v) is 16.4. The Bertz CT molecular complexity index is 1380. The van der Waals surface area contributed by atoms with Crippen molar-refractivity contribution in [3.8, 4) is 0 Å². The van der Waals surface area contributed by atoms with Gasteiger partial charge in [-0.2, -0.15) is 0 Å². The number of fused-ring (bicyclic) bond motifs is 1. The van der Waals surface area contributed by atoms with Gasteiger partial charge in [-0.15, -0.1) is 0 Å². The van der Waals surface area contributed by atoms with Gasteiger partial charge in [-0.05, 0) is 68.4 Å². The molecule has 3 heterocycles. The van der Waals surface area contributed by atoms with E-state index in [1.807, 2.05) is 0 Å². The Morgan fingerprint density at radius 3 is 2.60 bits per heavy atom. The van der Waals surface area contributed by atoms with Gasteiger partial charge in [0.2, 0.25) is 5.91 Å². The standard InChI is InChI=1S/C30H38ClFN4O6S/c31-20-8-6-19(7-9-20)30(12-14-42-15-13-30)27(35-29(38)39)28(37)34-24-5-1-4-23(32)22(24)10-11-25-26-18-36(26)21(17-33-25)3-2-16-43(40)41/h1,4-9,21,25-27,33,35,43H,2-3,10-18H2,(H,34,37)(H,38,39)/t21?,25-,26?,27+,36?/m0/s1. The average Bonchev–Trinajstić information content (AvgIpc) is 3.78. The van der Waals surface area contributed by atoms with Gasteiger partial charge >= 0.3 is 6.09 Å². The van der Waals surface area contributed by atoms with E-state index in [0.29, 0.717) is 73.7 Å². The van der Waals surface area contributed by atoms with Crippen molar-refractivity contribution in [2.75, 3.05) is 37.4 Å². The van der Waals surface area contributed by atoms with Crippen LogP contribution in [0.4, 0.5) is 14.9 Å². The third-order valence-electron chi connectivity index (χ3n) is 9.09. The Hall–Kier alpha value is -2.77. The van der Waals surface area contributed by atoms with E-state index in [9.17, 15) is 23.1 Å². The molecule has 0 aromatic heterocycles. The van der Waals surface area contributed by atoms with Crippen LogP contribution in [-0.4, -0.2) is 86.6 Å². The van der Waals surface area contributed by atoms with Gasteiger partial charge in [0.15, 0.2) is 0 Å². The lowest BCUT2D eigenvalue weighted by Gasteiger charge is -2.43. The number of hydrogen-bond donors (Lipinski definition) is 5. The lowest BCUT2D eigenvalue weighted by atomic mass is 9.68.